The highest BCUT2D eigenvalue weighted by Crippen LogP contribution is 2.29. The van der Waals surface area contributed by atoms with Crippen LogP contribution in [0.4, 0.5) is 5.69 Å². The first-order valence-electron chi connectivity index (χ1n) is 6.56. The molecule has 1 aliphatic heterocycles. The van der Waals surface area contributed by atoms with Gasteiger partial charge in [0.1, 0.15) is 5.69 Å². The van der Waals surface area contributed by atoms with Crippen LogP contribution in [0.15, 0.2) is 18.6 Å². The molecule has 1 unspecified atom stereocenters. The zero-order valence-corrected chi connectivity index (χ0v) is 12.0. The minimum atomic E-state index is -2.93. The summed E-state index contributed by atoms with van der Waals surface area (Å²) in [5.74, 6) is 0.363. The monoisotopic (exact) mass is 295 g/mol. The molecule has 0 radical (unpaired) electrons. The zero-order valence-electron chi connectivity index (χ0n) is 11.2. The average Bonchev–Trinajstić information content (AvgIpc) is 3.07. The smallest absolute Gasteiger partial charge is 0.152 e. The fourth-order valence-electron chi connectivity index (χ4n) is 2.46. The van der Waals surface area contributed by atoms with Gasteiger partial charge in [0.2, 0.25) is 0 Å². The Bertz CT molecular complexity index is 731. The summed E-state index contributed by atoms with van der Waals surface area (Å²) in [7, 11) is -2.93. The summed E-state index contributed by atoms with van der Waals surface area (Å²) < 4.78 is 26.5. The van der Waals surface area contributed by atoms with Gasteiger partial charge in [-0.3, -0.25) is 9.36 Å². The Hall–Kier alpha value is -1.83. The lowest BCUT2D eigenvalue weighted by Crippen LogP contribution is -2.11. The number of aromatic nitrogens is 4. The number of nitrogen functional groups attached to an aromatic ring is 1. The molecule has 2 aromatic heterocycles. The molecule has 1 aliphatic rings. The predicted molar refractivity (Wildman–Crippen MR) is 75.8 cm³/mol. The van der Waals surface area contributed by atoms with Gasteiger partial charge in [-0.05, 0) is 13.3 Å². The molecule has 2 aromatic rings. The molecule has 0 aromatic carbocycles. The van der Waals surface area contributed by atoms with Crippen molar-refractivity contribution in [1.82, 2.24) is 19.6 Å². The van der Waals surface area contributed by atoms with Gasteiger partial charge in [0, 0.05) is 24.5 Å². The van der Waals surface area contributed by atoms with Crippen molar-refractivity contribution >= 4 is 15.5 Å². The van der Waals surface area contributed by atoms with E-state index in [0.29, 0.717) is 17.8 Å². The molecule has 0 spiro atoms. The van der Waals surface area contributed by atoms with Crippen molar-refractivity contribution < 1.29 is 8.42 Å². The van der Waals surface area contributed by atoms with Crippen LogP contribution >= 0.6 is 0 Å². The summed E-state index contributed by atoms with van der Waals surface area (Å²) in [6.45, 7) is 2.78. The molecule has 3 rings (SSSR count). The largest absolute Gasteiger partial charge is 0.396 e. The average molecular weight is 295 g/mol. The summed E-state index contributed by atoms with van der Waals surface area (Å²) >= 11 is 0. The molecule has 108 valence electrons. The van der Waals surface area contributed by atoms with Gasteiger partial charge >= 0.3 is 0 Å². The van der Waals surface area contributed by atoms with Gasteiger partial charge in [0.15, 0.2) is 9.84 Å². The molecule has 1 fully saturated rings. The van der Waals surface area contributed by atoms with Gasteiger partial charge in [-0.1, -0.05) is 0 Å². The van der Waals surface area contributed by atoms with Gasteiger partial charge in [0.05, 0.1) is 29.4 Å². The topological polar surface area (TPSA) is 95.8 Å². The maximum atomic E-state index is 11.5. The highest BCUT2D eigenvalue weighted by molar-refractivity contribution is 7.91. The van der Waals surface area contributed by atoms with Crippen molar-refractivity contribution in [2.24, 2.45) is 0 Å². The van der Waals surface area contributed by atoms with E-state index in [9.17, 15) is 8.42 Å². The van der Waals surface area contributed by atoms with Crippen LogP contribution in [-0.2, 0) is 16.4 Å². The van der Waals surface area contributed by atoms with Crippen LogP contribution in [0.25, 0.3) is 11.3 Å². The first-order chi connectivity index (χ1) is 9.48. The number of rotatable bonds is 3. The van der Waals surface area contributed by atoms with E-state index >= 15 is 0 Å². The molecule has 8 heteroatoms. The van der Waals surface area contributed by atoms with Crippen molar-refractivity contribution in [2.75, 3.05) is 17.2 Å². The quantitative estimate of drug-likeness (QED) is 0.899. The molecule has 1 atom stereocenters. The number of sulfone groups is 1. The number of anilines is 1. The summed E-state index contributed by atoms with van der Waals surface area (Å²) in [4.78, 5) is 0. The van der Waals surface area contributed by atoms with Crippen LogP contribution in [0.5, 0.6) is 0 Å². The SMILES string of the molecule is CCn1cc(-c2nn(C3CCS(=O)(=O)C3)cc2N)cn1. The lowest BCUT2D eigenvalue weighted by molar-refractivity contribution is 0.501. The summed E-state index contributed by atoms with van der Waals surface area (Å²) in [6.07, 6.45) is 5.91. The van der Waals surface area contributed by atoms with Crippen molar-refractivity contribution in [3.05, 3.63) is 18.6 Å². The Labute approximate surface area is 117 Å². The zero-order chi connectivity index (χ0) is 14.3. The molecule has 2 N–H and O–H groups in total. The Morgan fingerprint density at radius 3 is 2.85 bits per heavy atom. The fourth-order valence-corrected chi connectivity index (χ4v) is 4.16. The van der Waals surface area contributed by atoms with Gasteiger partial charge in [-0.15, -0.1) is 0 Å². The molecule has 20 heavy (non-hydrogen) atoms. The van der Waals surface area contributed by atoms with E-state index in [1.54, 1.807) is 21.8 Å². The van der Waals surface area contributed by atoms with Crippen molar-refractivity contribution in [1.29, 1.82) is 0 Å². The number of hydrogen-bond donors (Lipinski definition) is 1. The van der Waals surface area contributed by atoms with Crippen LogP contribution < -0.4 is 5.73 Å². The molecule has 0 amide bonds. The highest BCUT2D eigenvalue weighted by atomic mass is 32.2. The third-order valence-corrected chi connectivity index (χ3v) is 5.32. The third-order valence-electron chi connectivity index (χ3n) is 3.57. The minimum absolute atomic E-state index is 0.114. The second-order valence-electron chi connectivity index (χ2n) is 5.05. The van der Waals surface area contributed by atoms with Gasteiger partial charge in [-0.25, -0.2) is 8.42 Å². The Morgan fingerprint density at radius 1 is 1.45 bits per heavy atom. The van der Waals surface area contributed by atoms with Gasteiger partial charge in [-0.2, -0.15) is 10.2 Å². The maximum Gasteiger partial charge on any atom is 0.152 e. The Morgan fingerprint density at radius 2 is 2.25 bits per heavy atom. The molecule has 0 saturated carbocycles. The number of nitrogens with two attached hydrogens (primary N) is 1. The van der Waals surface area contributed by atoms with E-state index in [1.165, 1.54) is 0 Å². The van der Waals surface area contributed by atoms with Gasteiger partial charge < -0.3 is 5.73 Å². The van der Waals surface area contributed by atoms with Crippen LogP contribution in [0, 0.1) is 0 Å². The van der Waals surface area contributed by atoms with E-state index in [1.807, 2.05) is 13.1 Å². The van der Waals surface area contributed by atoms with Gasteiger partial charge in [0.25, 0.3) is 0 Å². The first kappa shape index (κ1) is 13.2. The molecular formula is C12H17N5O2S. The first-order valence-corrected chi connectivity index (χ1v) is 8.38. The Balaban J connectivity index is 1.91. The van der Waals surface area contributed by atoms with Crippen molar-refractivity contribution in [2.45, 2.75) is 25.9 Å². The normalized spacial score (nSPS) is 21.4. The third kappa shape index (κ3) is 2.31. The molecular weight excluding hydrogens is 278 g/mol. The fraction of sp³-hybridized carbons (Fsp3) is 0.500. The van der Waals surface area contributed by atoms with E-state index in [-0.39, 0.29) is 17.5 Å². The second-order valence-corrected chi connectivity index (χ2v) is 7.28. The number of nitrogens with zero attached hydrogens (tertiary/aromatic N) is 4. The number of hydrogen-bond acceptors (Lipinski definition) is 5. The molecule has 0 aliphatic carbocycles. The predicted octanol–water partition coefficient (Wildman–Crippen LogP) is 0.708. The Kier molecular flexibility index (Phi) is 3.04. The standard InChI is InChI=1S/C12H17N5O2S/c1-2-16-6-9(5-14-16)12-11(13)7-17(15-12)10-3-4-20(18,19)8-10/h5-7,10H,2-4,8,13H2,1H3. The van der Waals surface area contributed by atoms with Crippen molar-refractivity contribution in [3.8, 4) is 11.3 Å². The highest BCUT2D eigenvalue weighted by Gasteiger charge is 2.30. The summed E-state index contributed by atoms with van der Waals surface area (Å²) in [5, 5.41) is 8.65. The molecule has 1 saturated heterocycles. The second kappa shape index (κ2) is 4.62. The van der Waals surface area contributed by atoms with E-state index in [0.717, 1.165) is 12.1 Å². The van der Waals surface area contributed by atoms with E-state index in [4.69, 9.17) is 5.73 Å². The van der Waals surface area contributed by atoms with E-state index < -0.39 is 9.84 Å². The van der Waals surface area contributed by atoms with Crippen LogP contribution in [0.2, 0.25) is 0 Å². The van der Waals surface area contributed by atoms with Crippen molar-refractivity contribution in [3.63, 3.8) is 0 Å². The van der Waals surface area contributed by atoms with Crippen LogP contribution in [0.1, 0.15) is 19.4 Å². The molecule has 7 nitrogen and oxygen atoms in total. The molecule has 0 bridgehead atoms. The van der Waals surface area contributed by atoms with E-state index in [2.05, 4.69) is 10.2 Å². The molecule has 3 heterocycles. The summed E-state index contributed by atoms with van der Waals surface area (Å²) in [5.41, 5.74) is 8.05. The van der Waals surface area contributed by atoms with Crippen LogP contribution in [0.3, 0.4) is 0 Å². The van der Waals surface area contributed by atoms with Crippen LogP contribution in [-0.4, -0.2) is 39.5 Å². The minimum Gasteiger partial charge on any atom is -0.396 e. The number of aryl methyl sites for hydroxylation is 1. The lowest BCUT2D eigenvalue weighted by atomic mass is 10.2. The lowest BCUT2D eigenvalue weighted by Gasteiger charge is -2.06. The summed E-state index contributed by atoms with van der Waals surface area (Å²) in [6, 6.07) is -0.114. The maximum absolute atomic E-state index is 11.5.